The molecule has 0 atom stereocenters. The first-order valence-electron chi connectivity index (χ1n) is 6.14. The van der Waals surface area contributed by atoms with Crippen LogP contribution in [-0.2, 0) is 16.6 Å². The Morgan fingerprint density at radius 1 is 1.38 bits per heavy atom. The van der Waals surface area contributed by atoms with E-state index in [9.17, 15) is 12.8 Å². The molecule has 0 spiro atoms. The largest absolute Gasteiger partial charge is 0.399 e. The Kier molecular flexibility index (Phi) is 4.31. The number of nitrogens with two attached hydrogens (primary N) is 1. The minimum absolute atomic E-state index is 0.145. The molecule has 5 nitrogen and oxygen atoms in total. The Balaban J connectivity index is 2.40. The third-order valence-electron chi connectivity index (χ3n) is 3.14. The Bertz CT molecular complexity index is 772. The number of sulfonamides is 1. The topological polar surface area (TPSA) is 76.3 Å². The number of thiazole rings is 1. The van der Waals surface area contributed by atoms with E-state index in [1.165, 1.54) is 31.4 Å². The van der Waals surface area contributed by atoms with Gasteiger partial charge in [-0.3, -0.25) is 0 Å². The van der Waals surface area contributed by atoms with Crippen molar-refractivity contribution < 1.29 is 12.8 Å². The summed E-state index contributed by atoms with van der Waals surface area (Å²) in [6, 6.07) is 2.55. The lowest BCUT2D eigenvalue weighted by atomic mass is 10.2. The zero-order valence-electron chi connectivity index (χ0n) is 11.9. The number of aromatic nitrogens is 1. The van der Waals surface area contributed by atoms with Crippen LogP contribution in [0.15, 0.2) is 22.5 Å². The maximum Gasteiger partial charge on any atom is 0.246 e. The second kappa shape index (κ2) is 5.70. The van der Waals surface area contributed by atoms with Crippen molar-refractivity contribution in [3.8, 4) is 0 Å². The van der Waals surface area contributed by atoms with Crippen molar-refractivity contribution in [1.29, 1.82) is 0 Å². The molecule has 0 unspecified atom stereocenters. The summed E-state index contributed by atoms with van der Waals surface area (Å²) in [5, 5.41) is 0. The minimum Gasteiger partial charge on any atom is -0.399 e. The molecule has 1 aromatic heterocycles. The average molecular weight is 329 g/mol. The molecule has 1 aromatic carbocycles. The quantitative estimate of drug-likeness (QED) is 0.873. The van der Waals surface area contributed by atoms with Gasteiger partial charge < -0.3 is 5.73 Å². The molecule has 0 radical (unpaired) electrons. The average Bonchev–Trinajstić information content (AvgIpc) is 2.79. The number of hydrogen-bond acceptors (Lipinski definition) is 5. The fourth-order valence-electron chi connectivity index (χ4n) is 1.88. The Morgan fingerprint density at radius 3 is 2.62 bits per heavy atom. The predicted octanol–water partition coefficient (Wildman–Crippen LogP) is 2.30. The molecule has 21 heavy (non-hydrogen) atoms. The van der Waals surface area contributed by atoms with Crippen LogP contribution in [0.1, 0.15) is 16.1 Å². The maximum atomic E-state index is 14.1. The van der Waals surface area contributed by atoms with Crippen molar-refractivity contribution >= 4 is 27.0 Å². The van der Waals surface area contributed by atoms with Gasteiger partial charge in [0.25, 0.3) is 0 Å². The zero-order valence-corrected chi connectivity index (χ0v) is 13.6. The van der Waals surface area contributed by atoms with Crippen LogP contribution < -0.4 is 5.73 Å². The predicted molar refractivity (Wildman–Crippen MR) is 81.1 cm³/mol. The Hall–Kier alpha value is -1.51. The molecule has 8 heteroatoms. The van der Waals surface area contributed by atoms with Gasteiger partial charge in [-0.05, 0) is 31.5 Å². The lowest BCUT2D eigenvalue weighted by Gasteiger charge is -2.18. The first-order chi connectivity index (χ1) is 9.73. The molecule has 2 N–H and O–H groups in total. The molecule has 1 heterocycles. The summed E-state index contributed by atoms with van der Waals surface area (Å²) in [5.41, 5.74) is 8.47. The number of benzene rings is 1. The van der Waals surface area contributed by atoms with E-state index in [1.54, 1.807) is 12.4 Å². The van der Waals surface area contributed by atoms with E-state index in [1.807, 2.05) is 0 Å². The maximum absolute atomic E-state index is 14.1. The SMILES string of the molecule is Cc1cc(N)cc(S(=O)(=O)N(C)Cc2scnc2C)c1F. The second-order valence-corrected chi connectivity index (χ2v) is 7.72. The molecule has 0 amide bonds. The van der Waals surface area contributed by atoms with Crippen LogP contribution in [0.4, 0.5) is 10.1 Å². The summed E-state index contributed by atoms with van der Waals surface area (Å²) in [6.07, 6.45) is 0. The molecule has 0 saturated heterocycles. The molecule has 0 fully saturated rings. The lowest BCUT2D eigenvalue weighted by molar-refractivity contribution is 0.461. The van der Waals surface area contributed by atoms with Crippen molar-refractivity contribution in [1.82, 2.24) is 9.29 Å². The number of hydrogen-bond donors (Lipinski definition) is 1. The highest BCUT2D eigenvalue weighted by molar-refractivity contribution is 7.89. The first-order valence-corrected chi connectivity index (χ1v) is 8.46. The summed E-state index contributed by atoms with van der Waals surface area (Å²) < 4.78 is 40.2. The Morgan fingerprint density at radius 2 is 2.05 bits per heavy atom. The van der Waals surface area contributed by atoms with E-state index in [2.05, 4.69) is 4.98 Å². The summed E-state index contributed by atoms with van der Waals surface area (Å²) in [7, 11) is -2.54. The molecule has 0 aliphatic heterocycles. The van der Waals surface area contributed by atoms with Gasteiger partial charge in [0.2, 0.25) is 10.0 Å². The van der Waals surface area contributed by atoms with Gasteiger partial charge in [-0.1, -0.05) is 0 Å². The van der Waals surface area contributed by atoms with Crippen LogP contribution in [0.5, 0.6) is 0 Å². The molecular formula is C13H16FN3O2S2. The van der Waals surface area contributed by atoms with Crippen LogP contribution in [0, 0.1) is 19.7 Å². The van der Waals surface area contributed by atoms with Gasteiger partial charge in [-0.15, -0.1) is 11.3 Å². The summed E-state index contributed by atoms with van der Waals surface area (Å²) in [4.78, 5) is 4.50. The summed E-state index contributed by atoms with van der Waals surface area (Å²) in [6.45, 7) is 3.43. The van der Waals surface area contributed by atoms with Crippen LogP contribution in [0.3, 0.4) is 0 Å². The van der Waals surface area contributed by atoms with Gasteiger partial charge in [-0.25, -0.2) is 17.8 Å². The molecule has 0 aliphatic carbocycles. The van der Waals surface area contributed by atoms with Crippen molar-refractivity contribution in [2.45, 2.75) is 25.3 Å². The van der Waals surface area contributed by atoms with Crippen LogP contribution in [0.2, 0.25) is 0 Å². The molecule has 0 aliphatic rings. The van der Waals surface area contributed by atoms with E-state index < -0.39 is 20.7 Å². The highest BCUT2D eigenvalue weighted by Gasteiger charge is 2.26. The number of anilines is 1. The summed E-state index contributed by atoms with van der Waals surface area (Å²) in [5.74, 6) is -0.767. The highest BCUT2D eigenvalue weighted by atomic mass is 32.2. The second-order valence-electron chi connectivity index (χ2n) is 4.77. The van der Waals surface area contributed by atoms with E-state index in [-0.39, 0.29) is 17.8 Å². The van der Waals surface area contributed by atoms with Crippen LogP contribution in [0.25, 0.3) is 0 Å². The fourth-order valence-corrected chi connectivity index (χ4v) is 4.10. The molecule has 2 rings (SSSR count). The van der Waals surface area contributed by atoms with Crippen LogP contribution in [-0.4, -0.2) is 24.8 Å². The van der Waals surface area contributed by atoms with Crippen molar-refractivity contribution in [3.63, 3.8) is 0 Å². The fraction of sp³-hybridized carbons (Fsp3) is 0.308. The highest BCUT2D eigenvalue weighted by Crippen LogP contribution is 2.26. The number of halogens is 1. The Labute approximate surface area is 127 Å². The van der Waals surface area contributed by atoms with Gasteiger partial charge in [0.1, 0.15) is 10.7 Å². The number of aryl methyl sites for hydroxylation is 2. The molecule has 2 aromatic rings. The van der Waals surface area contributed by atoms with E-state index in [4.69, 9.17) is 5.73 Å². The number of nitrogen functional groups attached to an aromatic ring is 1. The minimum atomic E-state index is -3.95. The van der Waals surface area contributed by atoms with E-state index >= 15 is 0 Å². The summed E-state index contributed by atoms with van der Waals surface area (Å²) >= 11 is 1.36. The number of nitrogens with zero attached hydrogens (tertiary/aromatic N) is 2. The third-order valence-corrected chi connectivity index (χ3v) is 5.87. The van der Waals surface area contributed by atoms with Crippen molar-refractivity contribution in [3.05, 3.63) is 39.6 Å². The van der Waals surface area contributed by atoms with Gasteiger partial charge >= 0.3 is 0 Å². The van der Waals surface area contributed by atoms with Crippen molar-refractivity contribution in [2.75, 3.05) is 12.8 Å². The van der Waals surface area contributed by atoms with Gasteiger partial charge in [0.05, 0.1) is 11.2 Å². The van der Waals surface area contributed by atoms with Crippen LogP contribution >= 0.6 is 11.3 Å². The first kappa shape index (κ1) is 15.9. The molecule has 0 saturated carbocycles. The number of rotatable bonds is 4. The normalized spacial score (nSPS) is 12.0. The zero-order chi connectivity index (χ0) is 15.8. The monoisotopic (exact) mass is 329 g/mol. The van der Waals surface area contributed by atoms with E-state index in [0.29, 0.717) is 0 Å². The molecule has 0 bridgehead atoms. The molecule has 114 valence electrons. The van der Waals surface area contributed by atoms with Gasteiger partial charge in [-0.2, -0.15) is 4.31 Å². The van der Waals surface area contributed by atoms with Gasteiger partial charge in [0, 0.05) is 24.2 Å². The van der Waals surface area contributed by atoms with Crippen molar-refractivity contribution in [2.24, 2.45) is 0 Å². The molecular weight excluding hydrogens is 313 g/mol. The lowest BCUT2D eigenvalue weighted by Crippen LogP contribution is -2.27. The van der Waals surface area contributed by atoms with E-state index in [0.717, 1.165) is 20.9 Å². The van der Waals surface area contributed by atoms with Gasteiger partial charge in [0.15, 0.2) is 0 Å². The third kappa shape index (κ3) is 3.07. The standard InChI is InChI=1S/C13H16FN3O2S2/c1-8-4-10(15)5-12(13(8)14)21(18,19)17(3)6-11-9(2)16-7-20-11/h4-5,7H,6,15H2,1-3H3. The smallest absolute Gasteiger partial charge is 0.246 e.